The normalized spacial score (nSPS) is 15.4. The Labute approximate surface area is 175 Å². The van der Waals surface area contributed by atoms with Gasteiger partial charge in [-0.2, -0.15) is 10.4 Å². The summed E-state index contributed by atoms with van der Waals surface area (Å²) in [6.45, 7) is 0. The fourth-order valence-corrected chi connectivity index (χ4v) is 4.31. The van der Waals surface area contributed by atoms with Gasteiger partial charge >= 0.3 is 0 Å². The maximum absolute atomic E-state index is 9.19. The van der Waals surface area contributed by atoms with Crippen molar-refractivity contribution in [3.63, 3.8) is 0 Å². The Kier molecular flexibility index (Phi) is 4.61. The van der Waals surface area contributed by atoms with Crippen LogP contribution in [-0.4, -0.2) is 17.3 Å². The molecule has 5 heteroatoms. The first kappa shape index (κ1) is 18.3. The van der Waals surface area contributed by atoms with Crippen molar-refractivity contribution in [2.45, 2.75) is 25.3 Å². The lowest BCUT2D eigenvalue weighted by molar-refractivity contribution is 0.415. The molecular formula is C25H22N4O. The molecule has 1 heterocycles. The molecule has 5 nitrogen and oxygen atoms in total. The summed E-state index contributed by atoms with van der Waals surface area (Å²) in [4.78, 5) is 0. The fraction of sp³-hybridized carbons (Fsp3) is 0.200. The van der Waals surface area contributed by atoms with Gasteiger partial charge in [-0.25, -0.2) is 0 Å². The Morgan fingerprint density at radius 2 is 1.97 bits per heavy atom. The van der Waals surface area contributed by atoms with Crippen LogP contribution >= 0.6 is 0 Å². The molecule has 1 aromatic heterocycles. The smallest absolute Gasteiger partial charge is 0.118 e. The van der Waals surface area contributed by atoms with Gasteiger partial charge in [0.05, 0.1) is 36.0 Å². The summed E-state index contributed by atoms with van der Waals surface area (Å²) in [6, 6.07) is 22.8. The zero-order valence-electron chi connectivity index (χ0n) is 16.8. The van der Waals surface area contributed by atoms with E-state index in [1.807, 2.05) is 36.4 Å². The first-order valence-corrected chi connectivity index (χ1v) is 10.2. The Morgan fingerprint density at radius 1 is 1.10 bits per heavy atom. The van der Waals surface area contributed by atoms with Gasteiger partial charge in [0.1, 0.15) is 5.75 Å². The van der Waals surface area contributed by atoms with Gasteiger partial charge in [-0.3, -0.25) is 5.10 Å². The second kappa shape index (κ2) is 7.57. The molecule has 1 unspecified atom stereocenters. The Balaban J connectivity index is 1.47. The van der Waals surface area contributed by atoms with Crippen molar-refractivity contribution in [3.05, 3.63) is 77.4 Å². The maximum Gasteiger partial charge on any atom is 0.118 e. The molecule has 0 spiro atoms. The van der Waals surface area contributed by atoms with Gasteiger partial charge in [-0.1, -0.05) is 6.07 Å². The molecule has 148 valence electrons. The number of H-pyrrole nitrogens is 1. The van der Waals surface area contributed by atoms with Crippen molar-refractivity contribution in [3.8, 4) is 23.1 Å². The van der Waals surface area contributed by atoms with E-state index in [9.17, 15) is 5.26 Å². The van der Waals surface area contributed by atoms with E-state index in [1.165, 1.54) is 11.1 Å². The standard InChI is InChI=1S/C25H22N4O/c1-30-20-9-6-17(7-10-20)25-22-14-19(8-12-24(22)28-29-25)27-23-4-2-3-18-13-16(15-26)5-11-21(18)23/h5-14,23,27H,2-4H2,1H3,(H,28,29). The van der Waals surface area contributed by atoms with Gasteiger partial charge in [0.25, 0.3) is 0 Å². The highest BCUT2D eigenvalue weighted by Gasteiger charge is 2.21. The molecule has 1 aliphatic rings. The largest absolute Gasteiger partial charge is 0.497 e. The van der Waals surface area contributed by atoms with Gasteiger partial charge in [0.2, 0.25) is 0 Å². The average Bonchev–Trinajstić information content (AvgIpc) is 3.22. The number of benzene rings is 3. The number of aryl methyl sites for hydroxylation is 1. The number of methoxy groups -OCH3 is 1. The van der Waals surface area contributed by atoms with Crippen LogP contribution in [0.2, 0.25) is 0 Å². The van der Waals surface area contributed by atoms with Crippen LogP contribution in [0, 0.1) is 11.3 Å². The molecule has 3 aromatic carbocycles. The minimum atomic E-state index is 0.246. The van der Waals surface area contributed by atoms with E-state index < -0.39 is 0 Å². The number of aromatic amines is 1. The van der Waals surface area contributed by atoms with E-state index >= 15 is 0 Å². The van der Waals surface area contributed by atoms with Crippen LogP contribution in [0.3, 0.4) is 0 Å². The summed E-state index contributed by atoms with van der Waals surface area (Å²) in [7, 11) is 1.67. The van der Waals surface area contributed by atoms with Crippen LogP contribution in [-0.2, 0) is 6.42 Å². The molecule has 0 fully saturated rings. The maximum atomic E-state index is 9.19. The summed E-state index contributed by atoms with van der Waals surface area (Å²) in [5.74, 6) is 0.830. The summed E-state index contributed by atoms with van der Waals surface area (Å²) in [5.41, 5.74) is 7.36. The van der Waals surface area contributed by atoms with Crippen molar-refractivity contribution >= 4 is 16.6 Å². The Bertz CT molecular complexity index is 1250. The Hall–Kier alpha value is -3.78. The summed E-state index contributed by atoms with van der Waals surface area (Å²) >= 11 is 0. The van der Waals surface area contributed by atoms with Crippen LogP contribution in [0.1, 0.15) is 35.6 Å². The number of rotatable bonds is 4. The van der Waals surface area contributed by atoms with Crippen molar-refractivity contribution in [1.29, 1.82) is 5.26 Å². The molecule has 30 heavy (non-hydrogen) atoms. The zero-order valence-corrected chi connectivity index (χ0v) is 16.8. The number of aromatic nitrogens is 2. The number of hydrogen-bond donors (Lipinski definition) is 2. The number of hydrogen-bond acceptors (Lipinski definition) is 4. The van der Waals surface area contributed by atoms with Gasteiger partial charge in [0.15, 0.2) is 0 Å². The predicted molar refractivity (Wildman–Crippen MR) is 119 cm³/mol. The van der Waals surface area contributed by atoms with Gasteiger partial charge in [0, 0.05) is 16.6 Å². The van der Waals surface area contributed by atoms with Crippen LogP contribution < -0.4 is 10.1 Å². The summed E-state index contributed by atoms with van der Waals surface area (Å²) in [5, 5.41) is 21.7. The lowest BCUT2D eigenvalue weighted by atomic mass is 9.86. The third-order valence-electron chi connectivity index (χ3n) is 5.85. The molecular weight excluding hydrogens is 372 g/mol. The molecule has 0 aliphatic heterocycles. The molecule has 0 saturated carbocycles. The zero-order chi connectivity index (χ0) is 20.5. The molecule has 4 aromatic rings. The highest BCUT2D eigenvalue weighted by Crippen LogP contribution is 2.35. The van der Waals surface area contributed by atoms with Crippen molar-refractivity contribution < 1.29 is 4.74 Å². The average molecular weight is 394 g/mol. The number of ether oxygens (including phenoxy) is 1. The summed E-state index contributed by atoms with van der Waals surface area (Å²) in [6.07, 6.45) is 3.23. The third-order valence-corrected chi connectivity index (χ3v) is 5.85. The van der Waals surface area contributed by atoms with Gasteiger partial charge in [-0.15, -0.1) is 0 Å². The molecule has 0 bridgehead atoms. The lowest BCUT2D eigenvalue weighted by Crippen LogP contribution is -2.17. The minimum Gasteiger partial charge on any atom is -0.497 e. The predicted octanol–water partition coefficient (Wildman–Crippen LogP) is 5.60. The van der Waals surface area contributed by atoms with Crippen LogP contribution in [0.4, 0.5) is 5.69 Å². The quantitative estimate of drug-likeness (QED) is 0.472. The van der Waals surface area contributed by atoms with E-state index in [4.69, 9.17) is 4.74 Å². The highest BCUT2D eigenvalue weighted by molar-refractivity contribution is 5.95. The van der Waals surface area contributed by atoms with Crippen molar-refractivity contribution in [2.24, 2.45) is 0 Å². The molecule has 2 N–H and O–H groups in total. The second-order valence-electron chi connectivity index (χ2n) is 7.68. The SMILES string of the molecule is COc1ccc(-c2n[nH]c3ccc(NC4CCCc5cc(C#N)ccc54)cc23)cc1. The molecule has 0 amide bonds. The van der Waals surface area contributed by atoms with E-state index in [-0.39, 0.29) is 6.04 Å². The first-order chi connectivity index (χ1) is 14.7. The van der Waals surface area contributed by atoms with E-state index in [0.29, 0.717) is 0 Å². The van der Waals surface area contributed by atoms with Crippen LogP contribution in [0.15, 0.2) is 60.7 Å². The van der Waals surface area contributed by atoms with Crippen molar-refractivity contribution in [1.82, 2.24) is 10.2 Å². The van der Waals surface area contributed by atoms with Gasteiger partial charge < -0.3 is 10.1 Å². The topological polar surface area (TPSA) is 73.7 Å². The first-order valence-electron chi connectivity index (χ1n) is 10.2. The van der Waals surface area contributed by atoms with Crippen molar-refractivity contribution in [2.75, 3.05) is 12.4 Å². The highest BCUT2D eigenvalue weighted by atomic mass is 16.5. The molecule has 0 saturated heterocycles. The van der Waals surface area contributed by atoms with Crippen LogP contribution in [0.25, 0.3) is 22.2 Å². The molecule has 1 atom stereocenters. The third kappa shape index (κ3) is 3.27. The van der Waals surface area contributed by atoms with E-state index in [0.717, 1.165) is 58.4 Å². The second-order valence-corrected chi connectivity index (χ2v) is 7.68. The number of anilines is 1. The lowest BCUT2D eigenvalue weighted by Gasteiger charge is -2.27. The van der Waals surface area contributed by atoms with E-state index in [2.05, 4.69) is 45.8 Å². The summed E-state index contributed by atoms with van der Waals surface area (Å²) < 4.78 is 5.26. The van der Waals surface area contributed by atoms with E-state index in [1.54, 1.807) is 7.11 Å². The number of fused-ring (bicyclic) bond motifs is 2. The Morgan fingerprint density at radius 3 is 2.77 bits per heavy atom. The minimum absolute atomic E-state index is 0.246. The number of nitriles is 1. The fourth-order valence-electron chi connectivity index (χ4n) is 4.31. The monoisotopic (exact) mass is 394 g/mol. The van der Waals surface area contributed by atoms with Gasteiger partial charge in [-0.05, 0) is 85.0 Å². The molecule has 1 aliphatic carbocycles. The van der Waals surface area contributed by atoms with Crippen LogP contribution in [0.5, 0.6) is 5.75 Å². The molecule has 0 radical (unpaired) electrons. The molecule has 5 rings (SSSR count). The number of nitrogens with zero attached hydrogens (tertiary/aromatic N) is 2. The number of nitrogens with one attached hydrogen (secondary N) is 2.